The zero-order valence-corrected chi connectivity index (χ0v) is 11.8. The van der Waals surface area contributed by atoms with E-state index in [1.165, 1.54) is 0 Å². The maximum absolute atomic E-state index is 13.5. The lowest BCUT2D eigenvalue weighted by molar-refractivity contribution is -1.16. The maximum atomic E-state index is 13.5. The summed E-state index contributed by atoms with van der Waals surface area (Å²) in [7, 11) is -12.0. The third kappa shape index (κ3) is 8.93. The summed E-state index contributed by atoms with van der Waals surface area (Å²) in [5.41, 5.74) is 0. The molecule has 22 heavy (non-hydrogen) atoms. The number of fused-ring (bicyclic) bond motifs is 3. The largest absolute Gasteiger partial charge is 0.673 e. The molecule has 3 aliphatic rings. The van der Waals surface area contributed by atoms with Crippen LogP contribution in [0.2, 0.25) is 0 Å². The van der Waals surface area contributed by atoms with Crippen LogP contribution in [0.25, 0.3) is 0 Å². The minimum absolute atomic E-state index is 0.00722. The molecule has 0 aromatic rings. The normalized spacial score (nSPS) is 34.2. The second-order valence-electron chi connectivity index (χ2n) is 4.87. The van der Waals surface area contributed by atoms with Gasteiger partial charge in [-0.15, -0.1) is 4.71 Å². The number of piperazine rings is 3. The minimum Gasteiger partial charge on any atom is -0.418 e. The topological polar surface area (TPSA) is 0 Å². The quantitative estimate of drug-likeness (QED) is 0.165. The van der Waals surface area contributed by atoms with Crippen molar-refractivity contribution in [2.24, 2.45) is 0 Å². The van der Waals surface area contributed by atoms with Crippen molar-refractivity contribution in [3.8, 4) is 0 Å². The lowest BCUT2D eigenvalue weighted by Crippen LogP contribution is -2.75. The summed E-state index contributed by atoms with van der Waals surface area (Å²) in [6.45, 7) is 1.93. The van der Waals surface area contributed by atoms with Gasteiger partial charge >= 0.3 is 14.5 Å². The van der Waals surface area contributed by atoms with Crippen molar-refractivity contribution in [1.29, 1.82) is 0 Å². The first-order valence-electron chi connectivity index (χ1n) is 5.96. The fourth-order valence-corrected chi connectivity index (χ4v) is 2.47. The van der Waals surface area contributed by atoms with E-state index in [0.29, 0.717) is 26.2 Å². The first-order chi connectivity index (χ1) is 9.60. The molecule has 0 saturated carbocycles. The SMILES string of the molecule is FC1C[N+]2(F)CC[N+]1(CCl)CC2.F[B-](F)(F)F.F[B-](F)(F)F. The van der Waals surface area contributed by atoms with Gasteiger partial charge < -0.3 is 34.5 Å². The van der Waals surface area contributed by atoms with Gasteiger partial charge in [0.1, 0.15) is 13.1 Å². The van der Waals surface area contributed by atoms with Crippen molar-refractivity contribution in [1.82, 2.24) is 0 Å². The summed E-state index contributed by atoms with van der Waals surface area (Å²) < 4.78 is 105. The molecule has 0 aliphatic carbocycles. The van der Waals surface area contributed by atoms with E-state index in [-0.39, 0.29) is 17.0 Å². The molecule has 3 saturated heterocycles. The van der Waals surface area contributed by atoms with E-state index in [1.54, 1.807) is 0 Å². The fraction of sp³-hybridized carbons (Fsp3) is 1.00. The molecule has 3 fully saturated rings. The number of alkyl halides is 2. The Balaban J connectivity index is 0.000000372. The van der Waals surface area contributed by atoms with E-state index in [0.717, 1.165) is 0 Å². The van der Waals surface area contributed by atoms with Gasteiger partial charge in [-0.2, -0.15) is 4.39 Å². The van der Waals surface area contributed by atoms with E-state index in [4.69, 9.17) is 11.6 Å². The molecule has 0 aromatic carbocycles. The number of hydrogen-bond acceptors (Lipinski definition) is 0. The molecule has 0 radical (unpaired) electrons. The van der Waals surface area contributed by atoms with Crippen LogP contribution >= 0.6 is 11.6 Å². The number of nitrogens with zero attached hydrogens (tertiary/aromatic N) is 2. The molecule has 2 nitrogen and oxygen atoms in total. The molecule has 3 aliphatic heterocycles. The molecule has 134 valence electrons. The van der Waals surface area contributed by atoms with Gasteiger partial charge in [0.05, 0.1) is 0 Å². The number of quaternary nitrogens is 2. The van der Waals surface area contributed by atoms with Crippen molar-refractivity contribution in [3.05, 3.63) is 0 Å². The number of rotatable bonds is 1. The van der Waals surface area contributed by atoms with Gasteiger partial charge in [-0.25, -0.2) is 0 Å². The van der Waals surface area contributed by atoms with Crippen LogP contribution in [0.5, 0.6) is 0 Å². The van der Waals surface area contributed by atoms with Crippen LogP contribution in [0, 0.1) is 0 Å². The highest BCUT2D eigenvalue weighted by Crippen LogP contribution is 2.32. The molecular weight excluding hydrogens is 359 g/mol. The molecule has 1 unspecified atom stereocenters. The Bertz CT molecular complexity index is 319. The average molecular weight is 372 g/mol. The van der Waals surface area contributed by atoms with E-state index in [2.05, 4.69) is 0 Å². The molecule has 1 atom stereocenters. The maximum Gasteiger partial charge on any atom is 0.673 e. The highest BCUT2D eigenvalue weighted by molar-refractivity contribution is 6.50. The second kappa shape index (κ2) is 7.47. The van der Waals surface area contributed by atoms with Crippen LogP contribution < -0.4 is 0 Å². The van der Waals surface area contributed by atoms with Crippen molar-refractivity contribution in [2.75, 3.05) is 38.7 Å². The fourth-order valence-electron chi connectivity index (χ4n) is 2.08. The molecular formula is C7H13B2ClF10N2. The zero-order chi connectivity index (χ0) is 17.8. The predicted molar refractivity (Wildman–Crippen MR) is 62.0 cm³/mol. The number of hydrogen-bond donors (Lipinski definition) is 0. The molecule has 3 rings (SSSR count). The monoisotopic (exact) mass is 372 g/mol. The molecule has 2 bridgehead atoms. The van der Waals surface area contributed by atoms with Crippen LogP contribution in [-0.4, -0.2) is 68.7 Å². The van der Waals surface area contributed by atoms with Crippen LogP contribution in [0.4, 0.5) is 43.4 Å². The molecule has 0 N–H and O–H groups in total. The molecule has 0 amide bonds. The first-order valence-corrected chi connectivity index (χ1v) is 6.50. The first kappa shape index (κ1) is 21.6. The Hall–Kier alpha value is -0.360. The summed E-state index contributed by atoms with van der Waals surface area (Å²) in [6.07, 6.45) is -1.10. The third-order valence-electron chi connectivity index (χ3n) is 3.20. The van der Waals surface area contributed by atoms with Gasteiger partial charge in [0, 0.05) is 0 Å². The van der Waals surface area contributed by atoms with Gasteiger partial charge in [0.2, 0.25) is 0 Å². The van der Waals surface area contributed by atoms with Crippen molar-refractivity contribution in [3.63, 3.8) is 0 Å². The Morgan fingerprint density at radius 3 is 1.36 bits per heavy atom. The number of halogens is 11. The molecule has 0 spiro atoms. The predicted octanol–water partition coefficient (Wildman–Crippen LogP) is 3.62. The van der Waals surface area contributed by atoms with Crippen molar-refractivity contribution in [2.45, 2.75) is 6.30 Å². The van der Waals surface area contributed by atoms with E-state index in [1.807, 2.05) is 0 Å². The van der Waals surface area contributed by atoms with Gasteiger partial charge in [-0.1, -0.05) is 11.6 Å². The van der Waals surface area contributed by atoms with E-state index in [9.17, 15) is 43.4 Å². The summed E-state index contributed by atoms with van der Waals surface area (Å²) in [5, 5.41) is 0. The van der Waals surface area contributed by atoms with E-state index >= 15 is 0 Å². The Morgan fingerprint density at radius 1 is 0.818 bits per heavy atom. The van der Waals surface area contributed by atoms with Crippen molar-refractivity contribution < 1.29 is 52.6 Å². The van der Waals surface area contributed by atoms with Crippen LogP contribution in [0.3, 0.4) is 0 Å². The Labute approximate surface area is 124 Å². The summed E-state index contributed by atoms with van der Waals surface area (Å²) in [5.74, 6) is 0. The lowest BCUT2D eigenvalue weighted by atomic mass is 10.1. The summed E-state index contributed by atoms with van der Waals surface area (Å²) >= 11 is 5.70. The third-order valence-corrected chi connectivity index (χ3v) is 3.68. The summed E-state index contributed by atoms with van der Waals surface area (Å²) in [6, 6.07) is 0.279. The van der Waals surface area contributed by atoms with Crippen LogP contribution in [0.15, 0.2) is 0 Å². The molecule has 15 heteroatoms. The minimum atomic E-state index is -6.00. The van der Waals surface area contributed by atoms with Gasteiger partial charge in [0.15, 0.2) is 25.6 Å². The van der Waals surface area contributed by atoms with E-state index < -0.39 is 25.5 Å². The van der Waals surface area contributed by atoms with Crippen LogP contribution in [-0.2, 0) is 0 Å². The van der Waals surface area contributed by atoms with Gasteiger partial charge in [0.25, 0.3) is 6.30 Å². The van der Waals surface area contributed by atoms with Crippen LogP contribution in [0.1, 0.15) is 0 Å². The highest BCUT2D eigenvalue weighted by Gasteiger charge is 2.57. The Kier molecular flexibility index (Phi) is 7.35. The van der Waals surface area contributed by atoms with Gasteiger partial charge in [-0.05, 0) is 4.48 Å². The average Bonchev–Trinajstić information content (AvgIpc) is 2.25. The smallest absolute Gasteiger partial charge is 0.418 e. The highest BCUT2D eigenvalue weighted by atomic mass is 35.5. The lowest BCUT2D eigenvalue weighted by Gasteiger charge is -2.50. The van der Waals surface area contributed by atoms with Crippen molar-refractivity contribution >= 4 is 26.1 Å². The second-order valence-corrected chi connectivity index (χ2v) is 5.11. The summed E-state index contributed by atoms with van der Waals surface area (Å²) in [4.78, 5) is 0. The zero-order valence-electron chi connectivity index (χ0n) is 11.0. The van der Waals surface area contributed by atoms with Gasteiger partial charge in [-0.3, -0.25) is 4.48 Å². The standard InChI is InChI=1S/C7H13ClF2N2.2BF4/c8-6-11-1-3-12(10,4-2-11)5-7(11)9;2*2-1(3,4)5/h7H,1-6H2;;/q+2;2*-1. The molecule has 3 heterocycles. The Morgan fingerprint density at radius 2 is 1.14 bits per heavy atom. The molecule has 0 aromatic heterocycles.